The van der Waals surface area contributed by atoms with E-state index in [1.165, 1.54) is 12.8 Å². The van der Waals surface area contributed by atoms with E-state index >= 15 is 0 Å². The molecule has 1 N–H and O–H groups in total. The third kappa shape index (κ3) is 6.62. The highest BCUT2D eigenvalue weighted by atomic mass is 16.3. The van der Waals surface area contributed by atoms with E-state index in [-0.39, 0.29) is 0 Å². The number of nitrogens with zero attached hydrogens (tertiary/aromatic N) is 1. The monoisotopic (exact) mass is 173 g/mol. The third-order valence-corrected chi connectivity index (χ3v) is 1.89. The fourth-order valence-electron chi connectivity index (χ4n) is 1.28. The van der Waals surface area contributed by atoms with E-state index in [9.17, 15) is 5.11 Å². The molecule has 0 saturated heterocycles. The first-order valence-electron chi connectivity index (χ1n) is 4.94. The molecule has 0 aliphatic carbocycles. The Morgan fingerprint density at radius 3 is 2.17 bits per heavy atom. The average molecular weight is 173 g/mol. The molecule has 0 atom stereocenters. The van der Waals surface area contributed by atoms with Gasteiger partial charge in [-0.15, -0.1) is 0 Å². The maximum atomic E-state index is 9.58. The summed E-state index contributed by atoms with van der Waals surface area (Å²) >= 11 is 0. The first kappa shape index (κ1) is 11.9. The van der Waals surface area contributed by atoms with Gasteiger partial charge in [0.2, 0.25) is 0 Å². The van der Waals surface area contributed by atoms with Gasteiger partial charge in [-0.3, -0.25) is 0 Å². The van der Waals surface area contributed by atoms with Gasteiger partial charge in [-0.1, -0.05) is 20.3 Å². The van der Waals surface area contributed by atoms with Crippen molar-refractivity contribution in [3.8, 4) is 0 Å². The summed E-state index contributed by atoms with van der Waals surface area (Å²) in [4.78, 5) is 2.30. The molecule has 0 aromatic carbocycles. The smallest absolute Gasteiger partial charge is 0.0718 e. The molecule has 0 aliphatic rings. The minimum Gasteiger partial charge on any atom is -0.389 e. The maximum absolute atomic E-state index is 9.58. The van der Waals surface area contributed by atoms with E-state index in [1.807, 2.05) is 13.8 Å². The molecule has 0 fully saturated rings. The molecule has 0 aromatic rings. The van der Waals surface area contributed by atoms with Crippen molar-refractivity contribution in [3.05, 3.63) is 0 Å². The molecule has 2 heteroatoms. The van der Waals surface area contributed by atoms with E-state index in [4.69, 9.17) is 0 Å². The maximum Gasteiger partial charge on any atom is 0.0718 e. The van der Waals surface area contributed by atoms with Crippen LogP contribution in [0.25, 0.3) is 0 Å². The Balaban J connectivity index is 3.67. The summed E-state index contributed by atoms with van der Waals surface area (Å²) in [7, 11) is 0. The van der Waals surface area contributed by atoms with Crippen LogP contribution >= 0.6 is 0 Å². The first-order valence-corrected chi connectivity index (χ1v) is 4.94. The molecule has 12 heavy (non-hydrogen) atoms. The predicted octanol–water partition coefficient (Wildman–Crippen LogP) is 1.88. The Morgan fingerprint density at radius 2 is 1.83 bits per heavy atom. The number of rotatable bonds is 6. The number of unbranched alkanes of at least 4 members (excludes halogenated alkanes) is 1. The summed E-state index contributed by atoms with van der Waals surface area (Å²) in [5.41, 5.74) is -0.552. The summed E-state index contributed by atoms with van der Waals surface area (Å²) < 4.78 is 0. The quantitative estimate of drug-likeness (QED) is 0.663. The molecule has 0 aromatic heterocycles. The molecule has 0 rings (SSSR count). The fraction of sp³-hybridized carbons (Fsp3) is 1.00. The Bertz CT molecular complexity index is 107. The van der Waals surface area contributed by atoms with Crippen LogP contribution in [-0.4, -0.2) is 35.2 Å². The van der Waals surface area contributed by atoms with Gasteiger partial charge in [-0.25, -0.2) is 0 Å². The predicted molar refractivity (Wildman–Crippen MR) is 53.3 cm³/mol. The molecule has 0 radical (unpaired) electrons. The number of aliphatic hydroxyl groups is 1. The van der Waals surface area contributed by atoms with Crippen LogP contribution in [0.15, 0.2) is 0 Å². The second kappa shape index (κ2) is 5.55. The van der Waals surface area contributed by atoms with Crippen molar-refractivity contribution < 1.29 is 5.11 Å². The Morgan fingerprint density at radius 1 is 1.25 bits per heavy atom. The average Bonchev–Trinajstić information content (AvgIpc) is 1.95. The lowest BCUT2D eigenvalue weighted by Crippen LogP contribution is -2.38. The van der Waals surface area contributed by atoms with Gasteiger partial charge in [0.15, 0.2) is 0 Å². The summed E-state index contributed by atoms with van der Waals surface area (Å²) in [6.07, 6.45) is 2.45. The molecular weight excluding hydrogens is 150 g/mol. The Labute approximate surface area is 76.6 Å². The van der Waals surface area contributed by atoms with Gasteiger partial charge in [0.25, 0.3) is 0 Å². The highest BCUT2D eigenvalue weighted by molar-refractivity contribution is 4.70. The van der Waals surface area contributed by atoms with Gasteiger partial charge in [0, 0.05) is 6.54 Å². The molecule has 0 aliphatic heterocycles. The van der Waals surface area contributed by atoms with Crippen LogP contribution in [0, 0.1) is 0 Å². The van der Waals surface area contributed by atoms with Crippen LogP contribution in [0.4, 0.5) is 0 Å². The standard InChI is InChI=1S/C10H23NO/c1-5-7-8-11(6-2)9-10(3,4)12/h12H,5-9H2,1-4H3. The van der Waals surface area contributed by atoms with E-state index in [0.29, 0.717) is 0 Å². The van der Waals surface area contributed by atoms with Crippen molar-refractivity contribution in [1.29, 1.82) is 0 Å². The van der Waals surface area contributed by atoms with Gasteiger partial charge in [-0.2, -0.15) is 0 Å². The number of likely N-dealkylation sites (N-methyl/N-ethyl adjacent to an activating group) is 1. The molecule has 0 unspecified atom stereocenters. The summed E-state index contributed by atoms with van der Waals surface area (Å²) in [5, 5.41) is 9.58. The van der Waals surface area contributed by atoms with Crippen molar-refractivity contribution in [2.24, 2.45) is 0 Å². The van der Waals surface area contributed by atoms with E-state index in [1.54, 1.807) is 0 Å². The lowest BCUT2D eigenvalue weighted by Gasteiger charge is -2.27. The van der Waals surface area contributed by atoms with Gasteiger partial charge in [-0.05, 0) is 33.4 Å². The summed E-state index contributed by atoms with van der Waals surface area (Å²) in [6.45, 7) is 11.0. The molecule has 0 spiro atoms. The molecule has 74 valence electrons. The lowest BCUT2D eigenvalue weighted by molar-refractivity contribution is 0.0375. The van der Waals surface area contributed by atoms with Gasteiger partial charge in [0.05, 0.1) is 5.60 Å². The third-order valence-electron chi connectivity index (χ3n) is 1.89. The molecule has 0 heterocycles. The summed E-state index contributed by atoms with van der Waals surface area (Å²) in [5.74, 6) is 0. The lowest BCUT2D eigenvalue weighted by atomic mass is 10.1. The minimum atomic E-state index is -0.552. The number of hydrogen-bond acceptors (Lipinski definition) is 2. The molecule has 2 nitrogen and oxygen atoms in total. The van der Waals surface area contributed by atoms with Crippen molar-refractivity contribution in [2.45, 2.75) is 46.1 Å². The second-order valence-electron chi connectivity index (χ2n) is 4.03. The van der Waals surface area contributed by atoms with E-state index in [2.05, 4.69) is 18.7 Å². The zero-order valence-electron chi connectivity index (χ0n) is 8.93. The normalized spacial score (nSPS) is 12.5. The molecule has 0 saturated carbocycles. The zero-order valence-corrected chi connectivity index (χ0v) is 8.93. The SMILES string of the molecule is CCCCN(CC)CC(C)(C)O. The van der Waals surface area contributed by atoms with Gasteiger partial charge in [0.1, 0.15) is 0 Å². The summed E-state index contributed by atoms with van der Waals surface area (Å²) in [6, 6.07) is 0. The Kier molecular flexibility index (Phi) is 5.51. The molecular formula is C10H23NO. The molecule has 0 bridgehead atoms. The van der Waals surface area contributed by atoms with Crippen molar-refractivity contribution in [2.75, 3.05) is 19.6 Å². The van der Waals surface area contributed by atoms with Crippen LogP contribution in [0.3, 0.4) is 0 Å². The number of hydrogen-bond donors (Lipinski definition) is 1. The highest BCUT2D eigenvalue weighted by Crippen LogP contribution is 2.05. The first-order chi connectivity index (χ1) is 5.49. The van der Waals surface area contributed by atoms with Gasteiger partial charge < -0.3 is 10.0 Å². The van der Waals surface area contributed by atoms with E-state index in [0.717, 1.165) is 19.6 Å². The van der Waals surface area contributed by atoms with Crippen LogP contribution in [0.2, 0.25) is 0 Å². The van der Waals surface area contributed by atoms with Crippen LogP contribution in [0.5, 0.6) is 0 Å². The van der Waals surface area contributed by atoms with Crippen LogP contribution in [-0.2, 0) is 0 Å². The largest absolute Gasteiger partial charge is 0.389 e. The van der Waals surface area contributed by atoms with Crippen molar-refractivity contribution in [3.63, 3.8) is 0 Å². The van der Waals surface area contributed by atoms with Crippen LogP contribution < -0.4 is 0 Å². The topological polar surface area (TPSA) is 23.5 Å². The zero-order chi connectivity index (χ0) is 9.61. The van der Waals surface area contributed by atoms with Crippen LogP contribution in [0.1, 0.15) is 40.5 Å². The second-order valence-corrected chi connectivity index (χ2v) is 4.03. The van der Waals surface area contributed by atoms with Gasteiger partial charge >= 0.3 is 0 Å². The minimum absolute atomic E-state index is 0.552. The van der Waals surface area contributed by atoms with Crippen molar-refractivity contribution in [1.82, 2.24) is 4.90 Å². The fourth-order valence-corrected chi connectivity index (χ4v) is 1.28. The van der Waals surface area contributed by atoms with E-state index < -0.39 is 5.60 Å². The van der Waals surface area contributed by atoms with Crippen molar-refractivity contribution >= 4 is 0 Å². The highest BCUT2D eigenvalue weighted by Gasteiger charge is 2.16. The molecule has 0 amide bonds. The Hall–Kier alpha value is -0.0800.